The topological polar surface area (TPSA) is 32.3 Å². The average Bonchev–Trinajstić information content (AvgIpc) is 2.29. The molecule has 0 radical (unpaired) electrons. The maximum Gasteiger partial charge on any atom is 0.236 e. The second kappa shape index (κ2) is 7.17. The van der Waals surface area contributed by atoms with Crippen molar-refractivity contribution in [1.29, 1.82) is 0 Å². The molecular formula is C12H24N2OS. The summed E-state index contributed by atoms with van der Waals surface area (Å²) in [5.74, 6) is 3.54. The predicted octanol–water partition coefficient (Wildman–Crippen LogP) is 1.59. The Labute approximate surface area is 103 Å². The van der Waals surface area contributed by atoms with Crippen LogP contribution >= 0.6 is 11.8 Å². The SMILES string of the molecule is CC(C)N(C)C(=O)CNCC1CCSCC1. The molecule has 1 saturated heterocycles. The van der Waals surface area contributed by atoms with Gasteiger partial charge in [0.2, 0.25) is 5.91 Å². The van der Waals surface area contributed by atoms with Crippen molar-refractivity contribution in [3.63, 3.8) is 0 Å². The van der Waals surface area contributed by atoms with Gasteiger partial charge in [0.05, 0.1) is 6.54 Å². The van der Waals surface area contributed by atoms with Gasteiger partial charge in [-0.2, -0.15) is 11.8 Å². The number of nitrogens with zero attached hydrogens (tertiary/aromatic N) is 1. The van der Waals surface area contributed by atoms with Crippen molar-refractivity contribution in [3.8, 4) is 0 Å². The molecule has 0 saturated carbocycles. The zero-order chi connectivity index (χ0) is 12.0. The summed E-state index contributed by atoms with van der Waals surface area (Å²) in [5.41, 5.74) is 0. The molecule has 1 fully saturated rings. The molecule has 1 N–H and O–H groups in total. The van der Waals surface area contributed by atoms with Crippen molar-refractivity contribution >= 4 is 17.7 Å². The van der Waals surface area contributed by atoms with Gasteiger partial charge in [0.15, 0.2) is 0 Å². The van der Waals surface area contributed by atoms with Crippen molar-refractivity contribution in [3.05, 3.63) is 0 Å². The number of carbonyl (C=O) groups excluding carboxylic acids is 1. The lowest BCUT2D eigenvalue weighted by Crippen LogP contribution is -2.40. The maximum atomic E-state index is 11.7. The first kappa shape index (κ1) is 13.8. The number of nitrogens with one attached hydrogen (secondary N) is 1. The Morgan fingerprint density at radius 1 is 1.44 bits per heavy atom. The molecule has 0 aromatic carbocycles. The molecule has 1 rings (SSSR count). The Morgan fingerprint density at radius 2 is 2.06 bits per heavy atom. The third-order valence-electron chi connectivity index (χ3n) is 3.22. The van der Waals surface area contributed by atoms with Crippen LogP contribution in [0.15, 0.2) is 0 Å². The second-order valence-corrected chi connectivity index (χ2v) is 6.01. The maximum absolute atomic E-state index is 11.7. The largest absolute Gasteiger partial charge is 0.342 e. The summed E-state index contributed by atoms with van der Waals surface area (Å²) in [6, 6.07) is 0.292. The predicted molar refractivity (Wildman–Crippen MR) is 70.8 cm³/mol. The summed E-state index contributed by atoms with van der Waals surface area (Å²) < 4.78 is 0. The third kappa shape index (κ3) is 4.74. The van der Waals surface area contributed by atoms with E-state index in [4.69, 9.17) is 0 Å². The van der Waals surface area contributed by atoms with Gasteiger partial charge in [0, 0.05) is 13.1 Å². The van der Waals surface area contributed by atoms with Gasteiger partial charge in [-0.1, -0.05) is 0 Å². The summed E-state index contributed by atoms with van der Waals surface area (Å²) in [6.07, 6.45) is 2.59. The van der Waals surface area contributed by atoms with Crippen molar-refractivity contribution in [2.75, 3.05) is 31.6 Å². The van der Waals surface area contributed by atoms with Crippen LogP contribution in [0.1, 0.15) is 26.7 Å². The van der Waals surface area contributed by atoms with Gasteiger partial charge >= 0.3 is 0 Å². The number of likely N-dealkylation sites (N-methyl/N-ethyl adjacent to an activating group) is 1. The van der Waals surface area contributed by atoms with Crippen LogP contribution in [0.5, 0.6) is 0 Å². The van der Waals surface area contributed by atoms with Crippen molar-refractivity contribution < 1.29 is 4.79 Å². The summed E-state index contributed by atoms with van der Waals surface area (Å²) >= 11 is 2.04. The number of hydrogen-bond acceptors (Lipinski definition) is 3. The molecule has 0 atom stereocenters. The molecule has 1 heterocycles. The van der Waals surface area contributed by atoms with Gasteiger partial charge in [-0.05, 0) is 50.7 Å². The highest BCUT2D eigenvalue weighted by Crippen LogP contribution is 2.21. The zero-order valence-electron chi connectivity index (χ0n) is 10.7. The highest BCUT2D eigenvalue weighted by molar-refractivity contribution is 7.99. The summed E-state index contributed by atoms with van der Waals surface area (Å²) in [4.78, 5) is 13.5. The molecule has 0 bridgehead atoms. The van der Waals surface area contributed by atoms with E-state index in [0.717, 1.165) is 12.5 Å². The minimum Gasteiger partial charge on any atom is -0.342 e. The van der Waals surface area contributed by atoms with E-state index >= 15 is 0 Å². The normalized spacial score (nSPS) is 17.8. The number of amides is 1. The summed E-state index contributed by atoms with van der Waals surface area (Å²) in [7, 11) is 1.87. The zero-order valence-corrected chi connectivity index (χ0v) is 11.5. The van der Waals surface area contributed by atoms with E-state index in [1.165, 1.54) is 24.3 Å². The Balaban J connectivity index is 2.12. The number of hydrogen-bond donors (Lipinski definition) is 1. The first-order valence-electron chi connectivity index (χ1n) is 6.15. The monoisotopic (exact) mass is 244 g/mol. The van der Waals surface area contributed by atoms with Crippen molar-refractivity contribution in [2.24, 2.45) is 5.92 Å². The minimum atomic E-state index is 0.195. The van der Waals surface area contributed by atoms with Crippen LogP contribution in [-0.4, -0.2) is 48.5 Å². The number of carbonyl (C=O) groups is 1. The molecule has 1 aliphatic rings. The molecular weight excluding hydrogens is 220 g/mol. The van der Waals surface area contributed by atoms with Gasteiger partial charge in [0.1, 0.15) is 0 Å². The lowest BCUT2D eigenvalue weighted by atomic mass is 10.0. The lowest BCUT2D eigenvalue weighted by molar-refractivity contribution is -0.130. The molecule has 4 heteroatoms. The average molecular weight is 244 g/mol. The first-order valence-corrected chi connectivity index (χ1v) is 7.31. The molecule has 94 valence electrons. The molecule has 0 aromatic heterocycles. The van der Waals surface area contributed by atoms with Gasteiger partial charge < -0.3 is 10.2 Å². The highest BCUT2D eigenvalue weighted by atomic mass is 32.2. The van der Waals surface area contributed by atoms with Crippen LogP contribution in [0.3, 0.4) is 0 Å². The van der Waals surface area contributed by atoms with Crippen LogP contribution < -0.4 is 5.32 Å². The van der Waals surface area contributed by atoms with Crippen molar-refractivity contribution in [1.82, 2.24) is 10.2 Å². The minimum absolute atomic E-state index is 0.195. The summed E-state index contributed by atoms with van der Waals surface area (Å²) in [6.45, 7) is 5.56. The van der Waals surface area contributed by atoms with Gasteiger partial charge in [-0.25, -0.2) is 0 Å². The van der Waals surface area contributed by atoms with E-state index in [1.807, 2.05) is 32.7 Å². The Morgan fingerprint density at radius 3 is 2.62 bits per heavy atom. The molecule has 0 unspecified atom stereocenters. The van der Waals surface area contributed by atoms with Crippen LogP contribution in [0.2, 0.25) is 0 Å². The van der Waals surface area contributed by atoms with Gasteiger partial charge in [-0.3, -0.25) is 4.79 Å². The lowest BCUT2D eigenvalue weighted by Gasteiger charge is -2.24. The summed E-state index contributed by atoms with van der Waals surface area (Å²) in [5, 5.41) is 3.29. The van der Waals surface area contributed by atoms with Crippen LogP contribution in [0.4, 0.5) is 0 Å². The number of rotatable bonds is 5. The van der Waals surface area contributed by atoms with E-state index in [2.05, 4.69) is 5.32 Å². The fraction of sp³-hybridized carbons (Fsp3) is 0.917. The molecule has 0 spiro atoms. The Bertz CT molecular complexity index is 215. The van der Waals surface area contributed by atoms with Gasteiger partial charge in [-0.15, -0.1) is 0 Å². The molecule has 1 aliphatic heterocycles. The Hall–Kier alpha value is -0.220. The Kier molecular flexibility index (Phi) is 6.21. The van der Waals surface area contributed by atoms with Crippen LogP contribution in [0, 0.1) is 5.92 Å². The molecule has 1 amide bonds. The fourth-order valence-electron chi connectivity index (χ4n) is 1.75. The standard InChI is InChI=1S/C12H24N2OS/c1-10(2)14(3)12(15)9-13-8-11-4-6-16-7-5-11/h10-11,13H,4-9H2,1-3H3. The molecule has 0 aliphatic carbocycles. The van der Waals surface area contributed by atoms with Crippen LogP contribution in [0.25, 0.3) is 0 Å². The molecule has 3 nitrogen and oxygen atoms in total. The highest BCUT2D eigenvalue weighted by Gasteiger charge is 2.15. The van der Waals surface area contributed by atoms with E-state index in [1.54, 1.807) is 4.90 Å². The van der Waals surface area contributed by atoms with E-state index in [-0.39, 0.29) is 5.91 Å². The van der Waals surface area contributed by atoms with E-state index in [9.17, 15) is 4.79 Å². The van der Waals surface area contributed by atoms with E-state index in [0.29, 0.717) is 12.6 Å². The smallest absolute Gasteiger partial charge is 0.236 e. The van der Waals surface area contributed by atoms with Gasteiger partial charge in [0.25, 0.3) is 0 Å². The second-order valence-electron chi connectivity index (χ2n) is 4.79. The molecule has 0 aromatic rings. The van der Waals surface area contributed by atoms with Crippen LogP contribution in [-0.2, 0) is 4.79 Å². The fourth-order valence-corrected chi connectivity index (χ4v) is 2.95. The van der Waals surface area contributed by atoms with E-state index < -0.39 is 0 Å². The first-order chi connectivity index (χ1) is 7.61. The van der Waals surface area contributed by atoms with Crippen molar-refractivity contribution in [2.45, 2.75) is 32.7 Å². The number of thioether (sulfide) groups is 1. The third-order valence-corrected chi connectivity index (χ3v) is 4.27. The molecule has 16 heavy (non-hydrogen) atoms. The quantitative estimate of drug-likeness (QED) is 0.797.